The van der Waals surface area contributed by atoms with Crippen LogP contribution in [0.2, 0.25) is 0 Å². The van der Waals surface area contributed by atoms with Crippen LogP contribution in [0.15, 0.2) is 16.6 Å². The molecular weight excluding hydrogens is 289 g/mol. The fraction of sp³-hybridized carbons (Fsp3) is 0.125. The number of non-ortho nitro benzene ring substituents is 1. The number of halogens is 2. The Morgan fingerprint density at radius 3 is 2.56 bits per heavy atom. The van der Waals surface area contributed by atoms with Crippen LogP contribution in [0.5, 0.6) is 0 Å². The monoisotopic (exact) mass is 293 g/mol. The molecule has 0 aliphatic rings. The van der Waals surface area contributed by atoms with Crippen LogP contribution in [0.25, 0.3) is 0 Å². The molecule has 1 aromatic carbocycles. The van der Waals surface area contributed by atoms with Gasteiger partial charge in [0.2, 0.25) is 0 Å². The van der Waals surface area contributed by atoms with Crippen LogP contribution >= 0.6 is 15.9 Å². The molecule has 0 spiro atoms. The van der Waals surface area contributed by atoms with E-state index in [-0.39, 0.29) is 4.47 Å². The van der Waals surface area contributed by atoms with Crippen molar-refractivity contribution in [2.24, 2.45) is 0 Å². The molecule has 0 radical (unpaired) electrons. The van der Waals surface area contributed by atoms with Crippen LogP contribution in [0.1, 0.15) is 11.7 Å². The number of hydrogen-bond donors (Lipinski definition) is 2. The Kier molecular flexibility index (Phi) is 3.55. The molecule has 0 fully saturated rings. The number of carbonyl (C=O) groups is 1. The van der Waals surface area contributed by atoms with E-state index in [1.54, 1.807) is 0 Å². The molecule has 1 unspecified atom stereocenters. The largest absolute Gasteiger partial charge is 0.479 e. The summed E-state index contributed by atoms with van der Waals surface area (Å²) in [5.41, 5.74) is -1.17. The zero-order chi connectivity index (χ0) is 12.5. The summed E-state index contributed by atoms with van der Waals surface area (Å²) in [4.78, 5) is 20.1. The van der Waals surface area contributed by atoms with Crippen molar-refractivity contribution in [3.05, 3.63) is 38.1 Å². The van der Waals surface area contributed by atoms with Crippen LogP contribution in [0, 0.1) is 15.9 Å². The second kappa shape index (κ2) is 4.54. The molecule has 1 atom stereocenters. The molecule has 0 saturated heterocycles. The molecule has 0 bridgehead atoms. The first-order chi connectivity index (χ1) is 7.34. The molecule has 0 saturated carbocycles. The number of carboxylic acid groups (broad SMARTS) is 1. The van der Waals surface area contributed by atoms with E-state index in [2.05, 4.69) is 15.9 Å². The summed E-state index contributed by atoms with van der Waals surface area (Å²) < 4.78 is 13.1. The maximum Gasteiger partial charge on any atom is 0.337 e. The van der Waals surface area contributed by atoms with Gasteiger partial charge in [-0.2, -0.15) is 0 Å². The zero-order valence-electron chi connectivity index (χ0n) is 7.55. The van der Waals surface area contributed by atoms with Crippen molar-refractivity contribution in [3.63, 3.8) is 0 Å². The molecular formula is C8H5BrFNO5. The number of nitro groups is 1. The van der Waals surface area contributed by atoms with Gasteiger partial charge < -0.3 is 10.2 Å². The molecule has 6 nitrogen and oxygen atoms in total. The first-order valence-corrected chi connectivity index (χ1v) is 4.68. The number of rotatable bonds is 3. The van der Waals surface area contributed by atoms with Crippen molar-refractivity contribution in [1.29, 1.82) is 0 Å². The molecule has 8 heteroatoms. The van der Waals surface area contributed by atoms with Crippen molar-refractivity contribution in [2.45, 2.75) is 6.10 Å². The first kappa shape index (κ1) is 12.5. The third-order valence-electron chi connectivity index (χ3n) is 1.78. The number of benzene rings is 1. The van der Waals surface area contributed by atoms with Crippen molar-refractivity contribution in [1.82, 2.24) is 0 Å². The second-order valence-corrected chi connectivity index (χ2v) is 3.68. The van der Waals surface area contributed by atoms with E-state index in [0.29, 0.717) is 6.07 Å². The Labute approximate surface area is 96.6 Å². The Hall–Kier alpha value is -1.54. The lowest BCUT2D eigenvalue weighted by molar-refractivity contribution is -0.385. The lowest BCUT2D eigenvalue weighted by Gasteiger charge is -2.08. The average molecular weight is 294 g/mol. The standard InChI is InChI=1S/C8H5BrFNO5/c9-5-2-3(11(15)16)1-4(6(5)10)7(12)8(13)14/h1-2,7,12H,(H,13,14). The molecule has 1 rings (SSSR count). The summed E-state index contributed by atoms with van der Waals surface area (Å²) in [6.07, 6.45) is -2.14. The molecule has 0 aliphatic carbocycles. The zero-order valence-corrected chi connectivity index (χ0v) is 9.14. The van der Waals surface area contributed by atoms with Crippen molar-refractivity contribution in [3.8, 4) is 0 Å². The Balaban J connectivity index is 3.37. The van der Waals surface area contributed by atoms with Gasteiger partial charge in [0.1, 0.15) is 5.82 Å². The molecule has 1 aromatic rings. The quantitative estimate of drug-likeness (QED) is 0.651. The SMILES string of the molecule is O=C(O)C(O)c1cc([N+](=O)[O-])cc(Br)c1F. The highest BCUT2D eigenvalue weighted by Crippen LogP contribution is 2.29. The van der Waals surface area contributed by atoms with Gasteiger partial charge in [0.05, 0.1) is 9.40 Å². The molecule has 0 aliphatic heterocycles. The second-order valence-electron chi connectivity index (χ2n) is 2.83. The minimum absolute atomic E-state index is 0.281. The van der Waals surface area contributed by atoms with Crippen molar-refractivity contribution >= 4 is 27.6 Å². The third kappa shape index (κ3) is 2.34. The van der Waals surface area contributed by atoms with Gasteiger partial charge in [-0.15, -0.1) is 0 Å². The number of aliphatic hydroxyl groups is 1. The van der Waals surface area contributed by atoms with E-state index in [1.165, 1.54) is 0 Å². The maximum absolute atomic E-state index is 13.4. The van der Waals surface area contributed by atoms with E-state index in [0.717, 1.165) is 6.07 Å². The topological polar surface area (TPSA) is 101 Å². The van der Waals surface area contributed by atoms with E-state index in [4.69, 9.17) is 10.2 Å². The van der Waals surface area contributed by atoms with Gasteiger partial charge in [-0.05, 0) is 15.9 Å². The van der Waals surface area contributed by atoms with Crippen LogP contribution in [0.4, 0.5) is 10.1 Å². The summed E-state index contributed by atoms with van der Waals surface area (Å²) >= 11 is 2.70. The Morgan fingerprint density at radius 2 is 2.12 bits per heavy atom. The van der Waals surface area contributed by atoms with Crippen LogP contribution in [-0.4, -0.2) is 21.1 Å². The summed E-state index contributed by atoms with van der Waals surface area (Å²) in [5, 5.41) is 28.0. The summed E-state index contributed by atoms with van der Waals surface area (Å²) in [5.74, 6) is -2.73. The molecule has 0 heterocycles. The smallest absolute Gasteiger partial charge is 0.337 e. The molecule has 86 valence electrons. The van der Waals surface area contributed by atoms with Gasteiger partial charge in [0.25, 0.3) is 5.69 Å². The maximum atomic E-state index is 13.4. The van der Waals surface area contributed by atoms with E-state index in [1.807, 2.05) is 0 Å². The minimum Gasteiger partial charge on any atom is -0.479 e. The lowest BCUT2D eigenvalue weighted by atomic mass is 10.1. The van der Waals surface area contributed by atoms with Crippen LogP contribution < -0.4 is 0 Å². The third-order valence-corrected chi connectivity index (χ3v) is 2.36. The molecule has 0 amide bonds. The summed E-state index contributed by atoms with van der Waals surface area (Å²) in [6.45, 7) is 0. The number of aliphatic carboxylic acids is 1. The highest BCUT2D eigenvalue weighted by Gasteiger charge is 2.25. The van der Waals surface area contributed by atoms with Crippen LogP contribution in [0.3, 0.4) is 0 Å². The first-order valence-electron chi connectivity index (χ1n) is 3.88. The predicted octanol–water partition coefficient (Wildman–Crippen LogP) is 1.61. The minimum atomic E-state index is -2.14. The fourth-order valence-electron chi connectivity index (χ4n) is 1.03. The van der Waals surface area contributed by atoms with Gasteiger partial charge >= 0.3 is 5.97 Å². The number of aliphatic hydroxyl groups excluding tert-OH is 1. The van der Waals surface area contributed by atoms with Crippen molar-refractivity contribution < 1.29 is 24.3 Å². The lowest BCUT2D eigenvalue weighted by Crippen LogP contribution is -2.13. The van der Waals surface area contributed by atoms with Gasteiger partial charge in [0, 0.05) is 17.7 Å². The van der Waals surface area contributed by atoms with Crippen LogP contribution in [-0.2, 0) is 4.79 Å². The number of nitrogens with zero attached hydrogens (tertiary/aromatic N) is 1. The van der Waals surface area contributed by atoms with Gasteiger partial charge in [-0.3, -0.25) is 10.1 Å². The predicted molar refractivity (Wildman–Crippen MR) is 53.4 cm³/mol. The van der Waals surface area contributed by atoms with Crippen molar-refractivity contribution in [2.75, 3.05) is 0 Å². The molecule has 0 aromatic heterocycles. The summed E-state index contributed by atoms with van der Waals surface area (Å²) in [6, 6.07) is 1.56. The normalized spacial score (nSPS) is 12.2. The highest BCUT2D eigenvalue weighted by molar-refractivity contribution is 9.10. The fourth-order valence-corrected chi connectivity index (χ4v) is 1.50. The summed E-state index contributed by atoms with van der Waals surface area (Å²) in [7, 11) is 0. The number of nitro benzene ring substituents is 1. The van der Waals surface area contributed by atoms with E-state index >= 15 is 0 Å². The Morgan fingerprint density at radius 1 is 1.56 bits per heavy atom. The van der Waals surface area contributed by atoms with E-state index < -0.39 is 34.1 Å². The number of carboxylic acids is 1. The van der Waals surface area contributed by atoms with E-state index in [9.17, 15) is 19.3 Å². The van der Waals surface area contributed by atoms with Gasteiger partial charge in [0.15, 0.2) is 6.10 Å². The van der Waals surface area contributed by atoms with Gasteiger partial charge in [-0.1, -0.05) is 0 Å². The number of hydrogen-bond acceptors (Lipinski definition) is 4. The Bertz CT molecular complexity index is 464. The molecule has 16 heavy (non-hydrogen) atoms. The highest BCUT2D eigenvalue weighted by atomic mass is 79.9. The average Bonchev–Trinajstić information content (AvgIpc) is 2.20. The molecule has 2 N–H and O–H groups in total. The van der Waals surface area contributed by atoms with Gasteiger partial charge in [-0.25, -0.2) is 9.18 Å².